The summed E-state index contributed by atoms with van der Waals surface area (Å²) in [5.41, 5.74) is -0.955. The van der Waals surface area contributed by atoms with Crippen molar-refractivity contribution in [2.24, 2.45) is 5.92 Å². The minimum atomic E-state index is -0.955. The molecule has 3 nitrogen and oxygen atoms in total. The molecular formula is C13H19NO2S. The van der Waals surface area contributed by atoms with Crippen LogP contribution in [-0.2, 0) is 10.4 Å². The molecule has 0 bridgehead atoms. The predicted octanol–water partition coefficient (Wildman–Crippen LogP) is 2.26. The molecule has 1 heterocycles. The molecule has 1 aromatic rings. The molecule has 4 heteroatoms. The first-order valence-electron chi connectivity index (χ1n) is 6.11. The Labute approximate surface area is 106 Å². The van der Waals surface area contributed by atoms with Gasteiger partial charge in [-0.3, -0.25) is 4.79 Å². The molecule has 2 rings (SSSR count). The van der Waals surface area contributed by atoms with E-state index >= 15 is 0 Å². The second kappa shape index (κ2) is 5.19. The predicted molar refractivity (Wildman–Crippen MR) is 68.9 cm³/mol. The van der Waals surface area contributed by atoms with Gasteiger partial charge in [-0.15, -0.1) is 11.3 Å². The molecule has 2 N–H and O–H groups in total. The van der Waals surface area contributed by atoms with E-state index < -0.39 is 5.60 Å². The Morgan fingerprint density at radius 3 is 3.00 bits per heavy atom. The summed E-state index contributed by atoms with van der Waals surface area (Å²) in [7, 11) is 0. The van der Waals surface area contributed by atoms with E-state index in [1.165, 1.54) is 24.2 Å². The maximum absolute atomic E-state index is 11.6. The van der Waals surface area contributed by atoms with Crippen molar-refractivity contribution < 1.29 is 9.90 Å². The minimum absolute atomic E-state index is 0.0498. The SMILES string of the molecule is CC(O)(CNC(=O)CCC1CC1)c1cccs1. The second-order valence-corrected chi connectivity index (χ2v) is 5.96. The molecule has 1 atom stereocenters. The van der Waals surface area contributed by atoms with Crippen LogP contribution in [-0.4, -0.2) is 17.6 Å². The fraction of sp³-hybridized carbons (Fsp3) is 0.615. The number of hydrogen-bond donors (Lipinski definition) is 2. The highest BCUT2D eigenvalue weighted by Crippen LogP contribution is 2.33. The molecule has 0 saturated heterocycles. The number of carbonyl (C=O) groups is 1. The maximum atomic E-state index is 11.6. The monoisotopic (exact) mass is 253 g/mol. The van der Waals surface area contributed by atoms with E-state index in [4.69, 9.17) is 0 Å². The van der Waals surface area contributed by atoms with E-state index in [9.17, 15) is 9.90 Å². The van der Waals surface area contributed by atoms with Crippen molar-refractivity contribution in [3.05, 3.63) is 22.4 Å². The van der Waals surface area contributed by atoms with E-state index in [0.717, 1.165) is 17.2 Å². The van der Waals surface area contributed by atoms with Crippen LogP contribution in [0.5, 0.6) is 0 Å². The number of nitrogens with one attached hydrogen (secondary N) is 1. The Morgan fingerprint density at radius 1 is 1.65 bits per heavy atom. The topological polar surface area (TPSA) is 49.3 Å². The zero-order chi connectivity index (χ0) is 12.3. The van der Waals surface area contributed by atoms with Crippen LogP contribution in [0.4, 0.5) is 0 Å². The summed E-state index contributed by atoms with van der Waals surface area (Å²) in [6.45, 7) is 2.02. The van der Waals surface area contributed by atoms with Gasteiger partial charge in [-0.2, -0.15) is 0 Å². The van der Waals surface area contributed by atoms with Crippen LogP contribution in [0.3, 0.4) is 0 Å². The summed E-state index contributed by atoms with van der Waals surface area (Å²) in [5.74, 6) is 0.826. The van der Waals surface area contributed by atoms with Crippen molar-refractivity contribution in [3.63, 3.8) is 0 Å². The molecule has 1 aromatic heterocycles. The molecule has 0 aliphatic heterocycles. The van der Waals surface area contributed by atoms with Crippen molar-refractivity contribution >= 4 is 17.2 Å². The van der Waals surface area contributed by atoms with Gasteiger partial charge < -0.3 is 10.4 Å². The highest BCUT2D eigenvalue weighted by molar-refractivity contribution is 7.10. The van der Waals surface area contributed by atoms with Gasteiger partial charge in [-0.25, -0.2) is 0 Å². The Balaban J connectivity index is 1.74. The number of carbonyl (C=O) groups excluding carboxylic acids is 1. The van der Waals surface area contributed by atoms with Gasteiger partial charge in [-0.05, 0) is 30.7 Å². The van der Waals surface area contributed by atoms with Crippen LogP contribution in [0, 0.1) is 5.92 Å². The highest BCUT2D eigenvalue weighted by atomic mass is 32.1. The van der Waals surface area contributed by atoms with Crippen LogP contribution in [0.1, 0.15) is 37.5 Å². The summed E-state index contributed by atoms with van der Waals surface area (Å²) in [5, 5.41) is 15.0. The Morgan fingerprint density at radius 2 is 2.41 bits per heavy atom. The molecule has 1 aliphatic rings. The summed E-state index contributed by atoms with van der Waals surface area (Å²) in [4.78, 5) is 12.5. The first kappa shape index (κ1) is 12.6. The van der Waals surface area contributed by atoms with E-state index in [-0.39, 0.29) is 12.5 Å². The Bertz CT molecular complexity index is 369. The molecule has 17 heavy (non-hydrogen) atoms. The van der Waals surface area contributed by atoms with Gasteiger partial charge in [0.25, 0.3) is 0 Å². The van der Waals surface area contributed by atoms with Crippen molar-refractivity contribution in [3.8, 4) is 0 Å². The van der Waals surface area contributed by atoms with Crippen molar-refractivity contribution in [2.45, 2.75) is 38.2 Å². The Hall–Kier alpha value is -0.870. The number of rotatable bonds is 6. The van der Waals surface area contributed by atoms with Crippen LogP contribution in [0.25, 0.3) is 0 Å². The van der Waals surface area contributed by atoms with Crippen molar-refractivity contribution in [2.75, 3.05) is 6.54 Å². The van der Waals surface area contributed by atoms with Crippen LogP contribution in [0.15, 0.2) is 17.5 Å². The number of aliphatic hydroxyl groups is 1. The molecule has 1 unspecified atom stereocenters. The van der Waals surface area contributed by atoms with Gasteiger partial charge >= 0.3 is 0 Å². The standard InChI is InChI=1S/C13H19NO2S/c1-13(16,11-3-2-8-17-11)9-14-12(15)7-6-10-4-5-10/h2-3,8,10,16H,4-7,9H2,1H3,(H,14,15). The first-order chi connectivity index (χ1) is 8.08. The van der Waals surface area contributed by atoms with Gasteiger partial charge in [0, 0.05) is 11.3 Å². The average molecular weight is 253 g/mol. The quantitative estimate of drug-likeness (QED) is 0.817. The zero-order valence-electron chi connectivity index (χ0n) is 10.1. The van der Waals surface area contributed by atoms with Gasteiger partial charge in [-0.1, -0.05) is 18.9 Å². The lowest BCUT2D eigenvalue weighted by atomic mass is 10.1. The summed E-state index contributed by atoms with van der Waals surface area (Å²) < 4.78 is 0. The molecule has 0 spiro atoms. The third-order valence-corrected chi connectivity index (χ3v) is 4.28. The second-order valence-electron chi connectivity index (χ2n) is 5.01. The van der Waals surface area contributed by atoms with Crippen LogP contribution >= 0.6 is 11.3 Å². The molecule has 0 aromatic carbocycles. The van der Waals surface area contributed by atoms with Crippen LogP contribution in [0.2, 0.25) is 0 Å². The molecule has 1 fully saturated rings. The molecule has 1 saturated carbocycles. The van der Waals surface area contributed by atoms with E-state index in [1.807, 2.05) is 17.5 Å². The number of thiophene rings is 1. The summed E-state index contributed by atoms with van der Waals surface area (Å²) >= 11 is 1.51. The van der Waals surface area contributed by atoms with E-state index in [2.05, 4.69) is 5.32 Å². The number of hydrogen-bond acceptors (Lipinski definition) is 3. The molecule has 1 amide bonds. The molecule has 1 aliphatic carbocycles. The first-order valence-corrected chi connectivity index (χ1v) is 6.99. The third-order valence-electron chi connectivity index (χ3n) is 3.16. The van der Waals surface area contributed by atoms with Crippen molar-refractivity contribution in [1.82, 2.24) is 5.32 Å². The summed E-state index contributed by atoms with van der Waals surface area (Å²) in [6.07, 6.45) is 4.14. The zero-order valence-corrected chi connectivity index (χ0v) is 10.9. The normalized spacial score (nSPS) is 18.7. The molecule has 0 radical (unpaired) electrons. The largest absolute Gasteiger partial charge is 0.383 e. The lowest BCUT2D eigenvalue weighted by Gasteiger charge is -2.22. The van der Waals surface area contributed by atoms with E-state index in [1.54, 1.807) is 6.92 Å². The van der Waals surface area contributed by atoms with Gasteiger partial charge in [0.2, 0.25) is 5.91 Å². The smallest absolute Gasteiger partial charge is 0.220 e. The minimum Gasteiger partial charge on any atom is -0.383 e. The highest BCUT2D eigenvalue weighted by Gasteiger charge is 2.26. The Kier molecular flexibility index (Phi) is 3.84. The molecular weight excluding hydrogens is 234 g/mol. The van der Waals surface area contributed by atoms with Crippen molar-refractivity contribution in [1.29, 1.82) is 0 Å². The van der Waals surface area contributed by atoms with Gasteiger partial charge in [0.1, 0.15) is 5.60 Å². The maximum Gasteiger partial charge on any atom is 0.220 e. The fourth-order valence-corrected chi connectivity index (χ4v) is 2.56. The fourth-order valence-electron chi connectivity index (χ4n) is 1.77. The van der Waals surface area contributed by atoms with Gasteiger partial charge in [0.15, 0.2) is 0 Å². The number of amides is 1. The summed E-state index contributed by atoms with van der Waals surface area (Å²) in [6, 6.07) is 3.80. The van der Waals surface area contributed by atoms with E-state index in [0.29, 0.717) is 6.42 Å². The van der Waals surface area contributed by atoms with Crippen LogP contribution < -0.4 is 5.32 Å². The molecule has 94 valence electrons. The lowest BCUT2D eigenvalue weighted by Crippen LogP contribution is -2.38. The lowest BCUT2D eigenvalue weighted by molar-refractivity contribution is -0.122. The average Bonchev–Trinajstić information content (AvgIpc) is 2.94. The third kappa shape index (κ3) is 3.82. The van der Waals surface area contributed by atoms with Gasteiger partial charge in [0.05, 0.1) is 6.54 Å².